The van der Waals surface area contributed by atoms with Crippen molar-refractivity contribution in [3.8, 4) is 0 Å². The third-order valence-corrected chi connectivity index (χ3v) is 2.17. The molecule has 131 valence electrons. The number of nitrogens with one attached hydrogen (secondary N) is 2. The zero-order chi connectivity index (χ0) is 17.7. The molecule has 0 atom stereocenters. The van der Waals surface area contributed by atoms with Crippen molar-refractivity contribution in [3.63, 3.8) is 0 Å². The molecular formula is C10H18CoN8O2S2. The Kier molecular flexibility index (Phi) is 17.1. The first kappa shape index (κ1) is 26.1. The van der Waals surface area contributed by atoms with Crippen LogP contribution < -0.4 is 22.3 Å². The molecule has 1 radical (unpaired) electrons. The Hall–Kier alpha value is -1.83. The molecule has 0 saturated heterocycles. The van der Waals surface area contributed by atoms with E-state index in [1.54, 1.807) is 27.7 Å². The molecule has 0 amide bonds. The predicted molar refractivity (Wildman–Crippen MR) is 99.0 cm³/mol. The van der Waals surface area contributed by atoms with Crippen molar-refractivity contribution in [2.45, 2.75) is 27.7 Å². The number of hydrogen-bond donors (Lipinski definition) is 4. The molecule has 0 fully saturated rings. The van der Waals surface area contributed by atoms with Crippen molar-refractivity contribution in [2.24, 2.45) is 32.0 Å². The van der Waals surface area contributed by atoms with Crippen molar-refractivity contribution >= 4 is 57.5 Å². The van der Waals surface area contributed by atoms with Crippen molar-refractivity contribution in [1.82, 2.24) is 10.9 Å². The number of nitrogens with zero attached hydrogens (tertiary/aromatic N) is 4. The molecule has 6 N–H and O–H groups in total. The number of nitrogens with two attached hydrogens (primary N) is 2. The molecule has 10 nitrogen and oxygen atoms in total. The number of hydrazone groups is 2. The van der Waals surface area contributed by atoms with Gasteiger partial charge < -0.3 is 32.2 Å². The Labute approximate surface area is 155 Å². The van der Waals surface area contributed by atoms with Gasteiger partial charge in [0.05, 0.1) is 11.4 Å². The van der Waals surface area contributed by atoms with Crippen LogP contribution in [-0.4, -0.2) is 33.1 Å². The second-order valence-corrected chi connectivity index (χ2v) is 4.58. The van der Waals surface area contributed by atoms with Gasteiger partial charge in [-0.2, -0.15) is 10.2 Å². The van der Waals surface area contributed by atoms with Crippen LogP contribution in [0, 0.1) is 10.4 Å². The summed E-state index contributed by atoms with van der Waals surface area (Å²) in [6.07, 6.45) is 0. The minimum atomic E-state index is 0. The van der Waals surface area contributed by atoms with E-state index in [4.69, 9.17) is 11.5 Å². The molecule has 0 aromatic heterocycles. The van der Waals surface area contributed by atoms with Crippen molar-refractivity contribution in [2.75, 3.05) is 0 Å². The van der Waals surface area contributed by atoms with Gasteiger partial charge >= 0.3 is 16.8 Å². The van der Waals surface area contributed by atoms with E-state index in [1.165, 1.54) is 0 Å². The molecule has 13 heteroatoms. The number of hydrogen-bond acceptors (Lipinski definition) is 8. The van der Waals surface area contributed by atoms with Crippen LogP contribution in [0.15, 0.2) is 20.5 Å². The fourth-order valence-corrected chi connectivity index (χ4v) is 0.663. The Morgan fingerprint density at radius 3 is 1.17 bits per heavy atom. The van der Waals surface area contributed by atoms with Gasteiger partial charge in [-0.3, -0.25) is 10.9 Å². The quantitative estimate of drug-likeness (QED) is 0.294. The fourth-order valence-electron chi connectivity index (χ4n) is 0.572. The van der Waals surface area contributed by atoms with Crippen molar-refractivity contribution < 1.29 is 16.8 Å². The number of rotatable bonds is 4. The average molecular weight is 405 g/mol. The topological polar surface area (TPSA) is 172 Å². The van der Waals surface area contributed by atoms with Gasteiger partial charge in [0.1, 0.15) is 0 Å². The molecule has 0 unspecified atom stereocenters. The van der Waals surface area contributed by atoms with Crippen LogP contribution in [0.2, 0.25) is 0 Å². The summed E-state index contributed by atoms with van der Waals surface area (Å²) in [6.45, 7) is 6.35. The van der Waals surface area contributed by atoms with Crippen LogP contribution in [0.25, 0.3) is 0 Å². The fraction of sp³-hybridized carbons (Fsp3) is 0.400. The second kappa shape index (κ2) is 15.1. The molecule has 0 aromatic carbocycles. The second-order valence-electron chi connectivity index (χ2n) is 3.70. The summed E-state index contributed by atoms with van der Waals surface area (Å²) in [7, 11) is 0. The monoisotopic (exact) mass is 405 g/mol. The summed E-state index contributed by atoms with van der Waals surface area (Å²) in [6, 6.07) is 0. The zero-order valence-corrected chi connectivity index (χ0v) is 15.6. The summed E-state index contributed by atoms with van der Waals surface area (Å²) >= 11 is 8.96. The van der Waals surface area contributed by atoms with E-state index >= 15 is 0 Å². The first-order valence-electron chi connectivity index (χ1n) is 5.69. The Morgan fingerprint density at radius 1 is 0.739 bits per heavy atom. The van der Waals surface area contributed by atoms with Crippen LogP contribution >= 0.6 is 24.4 Å². The van der Waals surface area contributed by atoms with Crippen molar-refractivity contribution in [1.29, 1.82) is 0 Å². The zero-order valence-electron chi connectivity index (χ0n) is 12.9. The SMILES string of the molecule is CC(=N\[O-])/C(C)=N/NC(N)=S.CC(=N\[O-])/C(C)=N/NC(N)=S.[Co+2]. The maximum absolute atomic E-state index is 9.93. The molecule has 0 bridgehead atoms. The van der Waals surface area contributed by atoms with Crippen LogP contribution in [-0.2, 0) is 16.8 Å². The van der Waals surface area contributed by atoms with E-state index in [-0.39, 0.29) is 27.0 Å². The van der Waals surface area contributed by atoms with Crippen LogP contribution in [0.1, 0.15) is 27.7 Å². The van der Waals surface area contributed by atoms with Crippen molar-refractivity contribution in [3.05, 3.63) is 10.4 Å². The Morgan fingerprint density at radius 2 is 1.00 bits per heavy atom. The Balaban J connectivity index is -0.000000333. The minimum Gasteiger partial charge on any atom is -0.792 e. The maximum Gasteiger partial charge on any atom is 2.00 e. The number of thiocarbonyl (C=S) groups is 2. The molecule has 0 spiro atoms. The average Bonchev–Trinajstić information content (AvgIpc) is 2.48. The standard InChI is InChI=1S/2C5H10N4OS.Co/c2*1-3(4(2)9-10)7-8-5(6)11;/h2*10H,1-2H3,(H3,6,8,11);/q;;+2/p-2/b2*7-3+,9-4+;. The maximum atomic E-state index is 9.93. The van der Waals surface area contributed by atoms with Gasteiger partial charge in [-0.1, -0.05) is 0 Å². The van der Waals surface area contributed by atoms with Crippen LogP contribution in [0.3, 0.4) is 0 Å². The summed E-state index contributed by atoms with van der Waals surface area (Å²) < 4.78 is 0. The van der Waals surface area contributed by atoms with E-state index in [0.29, 0.717) is 22.8 Å². The normalized spacial score (nSPS) is 12.3. The predicted octanol–water partition coefficient (Wildman–Crippen LogP) is 0.306. The molecule has 0 aromatic rings. The summed E-state index contributed by atoms with van der Waals surface area (Å²) in [5.41, 5.74) is 16.4. The van der Waals surface area contributed by atoms with Gasteiger partial charge in [0, 0.05) is 11.4 Å². The molecule has 0 heterocycles. The molecule has 23 heavy (non-hydrogen) atoms. The third-order valence-electron chi connectivity index (χ3n) is 1.99. The smallest absolute Gasteiger partial charge is 0.792 e. The van der Waals surface area contributed by atoms with Gasteiger partial charge in [-0.15, -0.1) is 0 Å². The molecule has 0 aliphatic rings. The largest absolute Gasteiger partial charge is 2.00 e. The molecule has 0 aliphatic heterocycles. The molecule has 0 aliphatic carbocycles. The summed E-state index contributed by atoms with van der Waals surface area (Å²) in [4.78, 5) is 0. The van der Waals surface area contributed by atoms with E-state index in [1.807, 2.05) is 0 Å². The van der Waals surface area contributed by atoms with Gasteiger partial charge in [-0.25, -0.2) is 0 Å². The first-order valence-corrected chi connectivity index (χ1v) is 6.51. The minimum absolute atomic E-state index is 0. The Bertz CT molecular complexity index is 473. The van der Waals surface area contributed by atoms with Crippen LogP contribution in [0.5, 0.6) is 0 Å². The van der Waals surface area contributed by atoms with Gasteiger partial charge in [-0.05, 0) is 52.1 Å². The van der Waals surface area contributed by atoms with E-state index < -0.39 is 0 Å². The third kappa shape index (κ3) is 16.4. The van der Waals surface area contributed by atoms with Crippen LogP contribution in [0.4, 0.5) is 0 Å². The van der Waals surface area contributed by atoms with Gasteiger partial charge in [0.2, 0.25) is 0 Å². The summed E-state index contributed by atoms with van der Waals surface area (Å²) in [5, 5.41) is 32.7. The molecule has 0 rings (SSSR count). The van der Waals surface area contributed by atoms with E-state index in [2.05, 4.69) is 55.8 Å². The molecule has 0 saturated carbocycles. The van der Waals surface area contributed by atoms with Gasteiger partial charge in [0.25, 0.3) is 0 Å². The van der Waals surface area contributed by atoms with E-state index in [0.717, 1.165) is 0 Å². The summed E-state index contributed by atoms with van der Waals surface area (Å²) in [5.74, 6) is 0. The first-order chi connectivity index (χ1) is 10.1. The van der Waals surface area contributed by atoms with Gasteiger partial charge in [0.15, 0.2) is 10.2 Å². The van der Waals surface area contributed by atoms with E-state index in [9.17, 15) is 10.4 Å². The molecular weight excluding hydrogens is 387 g/mol.